The molecule has 1 atom stereocenters. The van der Waals surface area contributed by atoms with E-state index in [0.717, 1.165) is 16.9 Å². The summed E-state index contributed by atoms with van der Waals surface area (Å²) in [7, 11) is 0. The highest BCUT2D eigenvalue weighted by molar-refractivity contribution is 6.51. The van der Waals surface area contributed by atoms with Crippen molar-refractivity contribution in [1.29, 1.82) is 0 Å². The number of hydrogen-bond donors (Lipinski definition) is 3. The number of phenols is 1. The molecule has 0 bridgehead atoms. The zero-order valence-electron chi connectivity index (χ0n) is 21.6. The molecule has 1 fully saturated rings. The third-order valence-corrected chi connectivity index (χ3v) is 6.61. The van der Waals surface area contributed by atoms with Crippen LogP contribution in [0, 0.1) is 6.92 Å². The summed E-state index contributed by atoms with van der Waals surface area (Å²) in [4.78, 5) is 28.2. The first kappa shape index (κ1) is 25.6. The van der Waals surface area contributed by atoms with Crippen LogP contribution in [0.25, 0.3) is 5.76 Å². The number of ether oxygens (including phenoxy) is 1. The van der Waals surface area contributed by atoms with Crippen molar-refractivity contribution in [3.63, 3.8) is 0 Å². The number of Topliss-reactive ketones (excluding diaryl/α,β-unsaturated/α-hetero) is 1. The summed E-state index contributed by atoms with van der Waals surface area (Å²) in [5.74, 6) is -1.09. The van der Waals surface area contributed by atoms with E-state index < -0.39 is 17.7 Å². The Hall–Kier alpha value is -5.04. The maximum Gasteiger partial charge on any atom is 0.300 e. The Labute approximate surface area is 226 Å². The number of aryl methyl sites for hydroxylation is 1. The molecule has 1 heterocycles. The number of hydrogen-bond acceptors (Lipinski definition) is 6. The van der Waals surface area contributed by atoms with Gasteiger partial charge in [-0.25, -0.2) is 0 Å². The molecule has 4 aromatic rings. The van der Waals surface area contributed by atoms with Gasteiger partial charge >= 0.3 is 0 Å². The van der Waals surface area contributed by atoms with E-state index in [-0.39, 0.29) is 17.1 Å². The number of rotatable bonds is 7. The third-order valence-electron chi connectivity index (χ3n) is 6.61. The van der Waals surface area contributed by atoms with Gasteiger partial charge in [0.15, 0.2) is 0 Å². The van der Waals surface area contributed by atoms with Crippen LogP contribution in [0.2, 0.25) is 0 Å². The van der Waals surface area contributed by atoms with E-state index in [2.05, 4.69) is 5.32 Å². The number of phenolic OH excluding ortho intramolecular Hbond substituents is 1. The number of nitrogens with zero attached hydrogens (tertiary/aromatic N) is 1. The molecule has 39 heavy (non-hydrogen) atoms. The van der Waals surface area contributed by atoms with E-state index >= 15 is 0 Å². The van der Waals surface area contributed by atoms with Crippen molar-refractivity contribution in [1.82, 2.24) is 0 Å². The topological polar surface area (TPSA) is 99.1 Å². The fourth-order valence-corrected chi connectivity index (χ4v) is 4.73. The van der Waals surface area contributed by atoms with E-state index in [1.165, 1.54) is 17.0 Å². The number of nitrogens with one attached hydrogen (secondary N) is 1. The first-order valence-corrected chi connectivity index (χ1v) is 12.6. The summed E-state index contributed by atoms with van der Waals surface area (Å²) in [6.07, 6.45) is 0. The lowest BCUT2D eigenvalue weighted by molar-refractivity contribution is -0.132. The van der Waals surface area contributed by atoms with Crippen molar-refractivity contribution >= 4 is 34.5 Å². The Bertz CT molecular complexity index is 1540. The first-order chi connectivity index (χ1) is 18.9. The predicted octanol–water partition coefficient (Wildman–Crippen LogP) is 6.47. The Balaban J connectivity index is 1.58. The van der Waals surface area contributed by atoms with Crippen molar-refractivity contribution in [2.45, 2.75) is 19.9 Å². The normalized spacial score (nSPS) is 16.4. The minimum atomic E-state index is -0.898. The van der Waals surface area contributed by atoms with Gasteiger partial charge in [0.1, 0.15) is 17.3 Å². The lowest BCUT2D eigenvalue weighted by atomic mass is 9.94. The number of ketones is 1. The Morgan fingerprint density at radius 1 is 0.897 bits per heavy atom. The van der Waals surface area contributed by atoms with E-state index in [1.54, 1.807) is 42.5 Å². The second-order valence-corrected chi connectivity index (χ2v) is 9.21. The number of carbonyl (C=O) groups excluding carboxylic acids is 2. The summed E-state index contributed by atoms with van der Waals surface area (Å²) < 4.78 is 5.60. The number of amides is 1. The molecule has 7 heteroatoms. The molecule has 0 aromatic heterocycles. The van der Waals surface area contributed by atoms with Crippen LogP contribution >= 0.6 is 0 Å². The first-order valence-electron chi connectivity index (χ1n) is 12.6. The lowest BCUT2D eigenvalue weighted by Crippen LogP contribution is -2.29. The second kappa shape index (κ2) is 10.8. The second-order valence-electron chi connectivity index (χ2n) is 9.21. The maximum atomic E-state index is 13.4. The smallest absolute Gasteiger partial charge is 0.300 e. The molecule has 1 aliphatic heterocycles. The Morgan fingerprint density at radius 3 is 2.21 bits per heavy atom. The van der Waals surface area contributed by atoms with Crippen LogP contribution < -0.4 is 15.0 Å². The summed E-state index contributed by atoms with van der Waals surface area (Å²) in [5, 5.41) is 24.6. The van der Waals surface area contributed by atoms with Crippen LogP contribution in [-0.4, -0.2) is 28.5 Å². The van der Waals surface area contributed by atoms with Gasteiger partial charge < -0.3 is 20.3 Å². The molecule has 4 aromatic carbocycles. The number of anilines is 3. The molecule has 7 nitrogen and oxygen atoms in total. The van der Waals surface area contributed by atoms with Gasteiger partial charge in [-0.1, -0.05) is 30.3 Å². The molecule has 0 radical (unpaired) electrons. The predicted molar refractivity (Wildman–Crippen MR) is 151 cm³/mol. The molecule has 0 saturated carbocycles. The van der Waals surface area contributed by atoms with Crippen LogP contribution in [0.3, 0.4) is 0 Å². The molecular formula is C32H28N2O5. The molecule has 0 aliphatic carbocycles. The molecule has 0 spiro atoms. The van der Waals surface area contributed by atoms with Crippen molar-refractivity contribution in [2.75, 3.05) is 16.8 Å². The summed E-state index contributed by atoms with van der Waals surface area (Å²) >= 11 is 0. The number of benzene rings is 4. The third kappa shape index (κ3) is 5.07. The summed E-state index contributed by atoms with van der Waals surface area (Å²) in [5.41, 5.74) is 3.96. The highest BCUT2D eigenvalue weighted by Gasteiger charge is 2.47. The molecule has 1 saturated heterocycles. The highest BCUT2D eigenvalue weighted by Crippen LogP contribution is 2.43. The minimum absolute atomic E-state index is 0.0271. The summed E-state index contributed by atoms with van der Waals surface area (Å²) in [6, 6.07) is 27.3. The average Bonchev–Trinajstić information content (AvgIpc) is 3.21. The highest BCUT2D eigenvalue weighted by atomic mass is 16.5. The molecule has 1 unspecified atom stereocenters. The van der Waals surface area contributed by atoms with E-state index in [4.69, 9.17) is 4.74 Å². The lowest BCUT2D eigenvalue weighted by Gasteiger charge is -2.26. The average molecular weight is 521 g/mol. The number of aliphatic hydroxyl groups is 1. The van der Waals surface area contributed by atoms with Crippen molar-refractivity contribution in [3.05, 3.63) is 119 Å². The molecule has 1 aliphatic rings. The molecular weight excluding hydrogens is 492 g/mol. The van der Waals surface area contributed by atoms with E-state index in [1.807, 2.05) is 56.3 Å². The van der Waals surface area contributed by atoms with Gasteiger partial charge in [0.2, 0.25) is 0 Å². The van der Waals surface area contributed by atoms with Gasteiger partial charge in [-0.3, -0.25) is 14.5 Å². The molecule has 3 N–H and O–H groups in total. The number of para-hydroxylation sites is 1. The van der Waals surface area contributed by atoms with Crippen LogP contribution in [-0.2, 0) is 9.59 Å². The molecule has 5 rings (SSSR count). The zero-order valence-corrected chi connectivity index (χ0v) is 21.6. The fourth-order valence-electron chi connectivity index (χ4n) is 4.73. The van der Waals surface area contributed by atoms with Crippen LogP contribution in [0.1, 0.15) is 29.7 Å². The summed E-state index contributed by atoms with van der Waals surface area (Å²) in [6.45, 7) is 4.23. The van der Waals surface area contributed by atoms with Gasteiger partial charge in [0.25, 0.3) is 11.7 Å². The van der Waals surface area contributed by atoms with Gasteiger partial charge in [-0.15, -0.1) is 0 Å². The van der Waals surface area contributed by atoms with Gasteiger partial charge in [-0.2, -0.15) is 0 Å². The Morgan fingerprint density at radius 2 is 1.56 bits per heavy atom. The fraction of sp³-hybridized carbons (Fsp3) is 0.125. The van der Waals surface area contributed by atoms with Crippen molar-refractivity contribution in [2.24, 2.45) is 0 Å². The maximum absolute atomic E-state index is 13.4. The van der Waals surface area contributed by atoms with Gasteiger partial charge in [-0.05, 0) is 91.7 Å². The zero-order chi connectivity index (χ0) is 27.5. The number of aromatic hydroxyl groups is 1. The van der Waals surface area contributed by atoms with Crippen molar-refractivity contribution < 1.29 is 24.5 Å². The van der Waals surface area contributed by atoms with Gasteiger partial charge in [0, 0.05) is 22.6 Å². The number of carbonyl (C=O) groups is 2. The van der Waals surface area contributed by atoms with Crippen LogP contribution in [0.4, 0.5) is 17.1 Å². The van der Waals surface area contributed by atoms with E-state index in [0.29, 0.717) is 29.2 Å². The SMILES string of the molecule is CCOc1ccc(/C(O)=C2/C(=O)C(=O)N(c3ccc(Nc4ccccc4)cc3)C2c2ccc(O)cc2)cc1C. The van der Waals surface area contributed by atoms with E-state index in [9.17, 15) is 19.8 Å². The van der Waals surface area contributed by atoms with Gasteiger partial charge in [0.05, 0.1) is 18.2 Å². The standard InChI is InChI=1S/C32H28N2O5/c1-3-39-27-18-11-22(19-20(27)2)30(36)28-29(21-9-16-26(35)17-10-21)34(32(38)31(28)37)25-14-12-24(13-15-25)33-23-7-5-4-6-8-23/h4-19,29,33,35-36H,3H2,1-2H3/b30-28-. The monoisotopic (exact) mass is 520 g/mol. The van der Waals surface area contributed by atoms with Crippen molar-refractivity contribution in [3.8, 4) is 11.5 Å². The molecule has 1 amide bonds. The largest absolute Gasteiger partial charge is 0.508 e. The van der Waals surface area contributed by atoms with Crippen LogP contribution in [0.15, 0.2) is 103 Å². The van der Waals surface area contributed by atoms with Crippen LogP contribution in [0.5, 0.6) is 11.5 Å². The quantitative estimate of drug-likeness (QED) is 0.147. The minimum Gasteiger partial charge on any atom is -0.508 e. The molecule has 196 valence electrons. The Kier molecular flexibility index (Phi) is 7.06. The number of aliphatic hydroxyl groups excluding tert-OH is 1.